The molecule has 0 bridgehead atoms. The zero-order valence-corrected chi connectivity index (χ0v) is 8.45. The van der Waals surface area contributed by atoms with Crippen LogP contribution in [0.3, 0.4) is 0 Å². The molecule has 1 aromatic rings. The Morgan fingerprint density at radius 3 is 2.57 bits per heavy atom. The number of carbonyl (C=O) groups is 1. The molecule has 0 radical (unpaired) electrons. The quantitative estimate of drug-likeness (QED) is 0.682. The van der Waals surface area contributed by atoms with Crippen molar-refractivity contribution in [2.24, 2.45) is 10.1 Å². The fourth-order valence-corrected chi connectivity index (χ4v) is 1.75. The molecule has 1 unspecified atom stereocenters. The van der Waals surface area contributed by atoms with Gasteiger partial charge in [0.1, 0.15) is 0 Å². The molecule has 0 spiro atoms. The lowest BCUT2D eigenvalue weighted by Gasteiger charge is -1.90. The molecule has 1 atom stereocenters. The summed E-state index contributed by atoms with van der Waals surface area (Å²) in [7, 11) is -1.13. The molecule has 0 fully saturated rings. The van der Waals surface area contributed by atoms with Crippen molar-refractivity contribution in [2.45, 2.75) is 11.8 Å². The van der Waals surface area contributed by atoms with E-state index in [9.17, 15) is 9.00 Å². The van der Waals surface area contributed by atoms with Gasteiger partial charge in [0.15, 0.2) is 11.0 Å². The van der Waals surface area contributed by atoms with Gasteiger partial charge in [-0.05, 0) is 6.07 Å². The molecule has 0 saturated heterocycles. The monoisotopic (exact) mass is 210 g/mol. The molecule has 14 heavy (non-hydrogen) atoms. The fourth-order valence-electron chi connectivity index (χ4n) is 0.908. The maximum absolute atomic E-state index is 11.0. The van der Waals surface area contributed by atoms with Crippen LogP contribution >= 0.6 is 0 Å². The van der Waals surface area contributed by atoms with E-state index in [2.05, 4.69) is 10.1 Å². The van der Waals surface area contributed by atoms with Gasteiger partial charge in [0.25, 0.3) is 0 Å². The third kappa shape index (κ3) is 2.77. The van der Waals surface area contributed by atoms with E-state index < -0.39 is 11.0 Å². The number of hydrogen-bond donors (Lipinski definition) is 1. The first kappa shape index (κ1) is 10.6. The molecule has 1 amide bonds. The highest BCUT2D eigenvalue weighted by atomic mass is 32.2. The summed E-state index contributed by atoms with van der Waals surface area (Å²) >= 11 is 0. The van der Waals surface area contributed by atoms with Crippen LogP contribution in [-0.4, -0.2) is 16.3 Å². The van der Waals surface area contributed by atoms with E-state index in [-0.39, 0.29) is 5.91 Å². The van der Waals surface area contributed by atoms with E-state index in [1.165, 1.54) is 6.92 Å². The van der Waals surface area contributed by atoms with Crippen molar-refractivity contribution in [3.05, 3.63) is 29.8 Å². The predicted molar refractivity (Wildman–Crippen MR) is 55.3 cm³/mol. The van der Waals surface area contributed by atoms with Crippen LogP contribution < -0.4 is 5.73 Å². The van der Waals surface area contributed by atoms with Crippen LogP contribution in [0.2, 0.25) is 0 Å². The highest BCUT2D eigenvalue weighted by Gasteiger charge is 2.11. The van der Waals surface area contributed by atoms with Gasteiger partial charge in [-0.25, -0.2) is 4.21 Å². The largest absolute Gasteiger partial charge is 0.370 e. The number of hydrogen-bond acceptors (Lipinski definition) is 2. The highest BCUT2D eigenvalue weighted by molar-refractivity contribution is 7.84. The summed E-state index contributed by atoms with van der Waals surface area (Å²) in [5.41, 5.74) is 5.45. The zero-order chi connectivity index (χ0) is 10.6. The van der Waals surface area contributed by atoms with Crippen molar-refractivity contribution in [1.29, 1.82) is 0 Å². The molecule has 0 aliphatic carbocycles. The Morgan fingerprint density at radius 1 is 1.43 bits per heavy atom. The van der Waals surface area contributed by atoms with Gasteiger partial charge in [-0.2, -0.15) is 4.40 Å². The van der Waals surface area contributed by atoms with Gasteiger partial charge in [0.05, 0.1) is 4.90 Å². The zero-order valence-electron chi connectivity index (χ0n) is 7.64. The summed E-state index contributed by atoms with van der Waals surface area (Å²) in [5, 5.41) is 0. The molecule has 5 heteroatoms. The van der Waals surface area contributed by atoms with E-state index in [1.807, 2.05) is 24.3 Å². The third-order valence-corrected chi connectivity index (χ3v) is 2.44. The van der Waals surface area contributed by atoms with E-state index in [4.69, 9.17) is 0 Å². The van der Waals surface area contributed by atoms with Crippen molar-refractivity contribution >= 4 is 23.1 Å². The van der Waals surface area contributed by atoms with Gasteiger partial charge >= 0.3 is 0 Å². The smallest absolute Gasteiger partial charge is 0.214 e. The summed E-state index contributed by atoms with van der Waals surface area (Å²) in [6, 6.07) is 7.51. The number of fused-ring (bicyclic) bond motifs is 1. The Kier molecular flexibility index (Phi) is 3.53. The Balaban J connectivity index is 0.000000213. The summed E-state index contributed by atoms with van der Waals surface area (Å²) in [6.45, 7) is 1.31. The second-order valence-corrected chi connectivity index (χ2v) is 3.78. The van der Waals surface area contributed by atoms with Crippen LogP contribution in [0.15, 0.2) is 33.6 Å². The number of benzene rings is 1. The van der Waals surface area contributed by atoms with Crippen LogP contribution in [0.4, 0.5) is 0 Å². The first-order chi connectivity index (χ1) is 6.61. The van der Waals surface area contributed by atoms with E-state index in [1.54, 1.807) is 6.21 Å². The summed E-state index contributed by atoms with van der Waals surface area (Å²) in [6.07, 6.45) is 1.64. The predicted octanol–water partition coefficient (Wildman–Crippen LogP) is 0.633. The van der Waals surface area contributed by atoms with Gasteiger partial charge < -0.3 is 5.73 Å². The maximum Gasteiger partial charge on any atom is 0.214 e. The minimum atomic E-state index is -1.13. The lowest BCUT2D eigenvalue weighted by atomic mass is 10.2. The topological polar surface area (TPSA) is 72.5 Å². The van der Waals surface area contributed by atoms with E-state index >= 15 is 0 Å². The summed E-state index contributed by atoms with van der Waals surface area (Å²) in [5.74, 6) is -0.333. The Hall–Kier alpha value is -1.49. The lowest BCUT2D eigenvalue weighted by molar-refractivity contribution is -0.115. The van der Waals surface area contributed by atoms with Crippen molar-refractivity contribution in [3.63, 3.8) is 0 Å². The van der Waals surface area contributed by atoms with Crippen molar-refractivity contribution in [3.8, 4) is 0 Å². The maximum atomic E-state index is 11.0. The Bertz CT molecular complexity index is 398. The minimum Gasteiger partial charge on any atom is -0.370 e. The van der Waals surface area contributed by atoms with Crippen molar-refractivity contribution < 1.29 is 9.00 Å². The van der Waals surface area contributed by atoms with Gasteiger partial charge in [-0.15, -0.1) is 0 Å². The molecule has 4 nitrogen and oxygen atoms in total. The van der Waals surface area contributed by atoms with Crippen molar-refractivity contribution in [2.75, 3.05) is 0 Å². The average molecular weight is 210 g/mol. The van der Waals surface area contributed by atoms with Gasteiger partial charge in [0.2, 0.25) is 5.91 Å². The molecule has 74 valence electrons. The third-order valence-electron chi connectivity index (χ3n) is 1.39. The molecule has 1 aliphatic heterocycles. The van der Waals surface area contributed by atoms with Crippen LogP contribution in [-0.2, 0) is 15.8 Å². The second kappa shape index (κ2) is 4.66. The number of nitrogens with two attached hydrogens (primary N) is 1. The average Bonchev–Trinajstić information content (AvgIpc) is 2.48. The molecule has 1 aromatic carbocycles. The Morgan fingerprint density at radius 2 is 2.00 bits per heavy atom. The molecule has 2 rings (SSSR count). The second-order valence-electron chi connectivity index (χ2n) is 2.63. The van der Waals surface area contributed by atoms with E-state index in [0.29, 0.717) is 0 Å². The SMILES string of the molecule is CC(N)=O.O=S1N=Cc2ccccc21. The first-order valence-corrected chi connectivity index (χ1v) is 5.03. The van der Waals surface area contributed by atoms with Gasteiger partial charge in [0, 0.05) is 18.7 Å². The normalized spacial score (nSPS) is 16.8. The number of rotatable bonds is 0. The van der Waals surface area contributed by atoms with Gasteiger partial charge in [-0.3, -0.25) is 4.79 Å². The lowest BCUT2D eigenvalue weighted by Crippen LogP contribution is -2.01. The highest BCUT2D eigenvalue weighted by Crippen LogP contribution is 2.17. The number of amides is 1. The van der Waals surface area contributed by atoms with Crippen LogP contribution in [0.5, 0.6) is 0 Å². The van der Waals surface area contributed by atoms with E-state index in [0.717, 1.165) is 10.5 Å². The Labute approximate surface area is 84.4 Å². The molecule has 1 heterocycles. The fraction of sp³-hybridized carbons (Fsp3) is 0.111. The summed E-state index contributed by atoms with van der Waals surface area (Å²) < 4.78 is 14.7. The van der Waals surface area contributed by atoms with Crippen LogP contribution in [0, 0.1) is 0 Å². The molecule has 0 aromatic heterocycles. The molecule has 1 aliphatic rings. The molecule has 2 N–H and O–H groups in total. The van der Waals surface area contributed by atoms with Crippen LogP contribution in [0.1, 0.15) is 12.5 Å². The van der Waals surface area contributed by atoms with Crippen molar-refractivity contribution in [1.82, 2.24) is 0 Å². The summed E-state index contributed by atoms with van der Waals surface area (Å²) in [4.78, 5) is 10.0. The number of primary amides is 1. The molecular formula is C9H10N2O2S. The minimum absolute atomic E-state index is 0.333. The standard InChI is InChI=1S/C7H5NOS.C2H5NO/c9-10-7-4-2-1-3-6(7)5-8-10;1-2(3)4/h1-5H;1H3,(H2,3,4). The molecule has 0 saturated carbocycles. The number of carbonyl (C=O) groups excluding carboxylic acids is 1. The van der Waals surface area contributed by atoms with Gasteiger partial charge in [-0.1, -0.05) is 18.2 Å². The molecular weight excluding hydrogens is 200 g/mol. The first-order valence-electron chi connectivity index (χ1n) is 3.92. The van der Waals surface area contributed by atoms with Crippen LogP contribution in [0.25, 0.3) is 0 Å². The number of nitrogens with zero attached hydrogens (tertiary/aromatic N) is 1.